The molecule has 1 aromatic rings. The van der Waals surface area contributed by atoms with Gasteiger partial charge in [0.1, 0.15) is 5.75 Å². The Morgan fingerprint density at radius 2 is 1.86 bits per heavy atom. The molecule has 0 spiro atoms. The number of hydrogen-bond acceptors (Lipinski definition) is 5. The van der Waals surface area contributed by atoms with Gasteiger partial charge in [0, 0.05) is 12.8 Å². The molecule has 0 saturated carbocycles. The van der Waals surface area contributed by atoms with Crippen LogP contribution in [0.1, 0.15) is 29.8 Å². The van der Waals surface area contributed by atoms with E-state index in [1.54, 1.807) is 6.07 Å². The van der Waals surface area contributed by atoms with Crippen LogP contribution < -0.4 is 10.5 Å². The molecule has 1 rings (SSSR count). The number of sulfone groups is 1. The molecule has 6 nitrogen and oxygen atoms in total. The lowest BCUT2D eigenvalue weighted by atomic mass is 10.0. The normalized spacial score (nSPS) is 11.7. The molecule has 0 bridgehead atoms. The first-order chi connectivity index (χ1) is 10.2. The number of rotatable bonds is 8. The van der Waals surface area contributed by atoms with Gasteiger partial charge in [0.05, 0.1) is 17.6 Å². The Bertz CT molecular complexity index is 637. The van der Waals surface area contributed by atoms with Gasteiger partial charge < -0.3 is 15.4 Å². The summed E-state index contributed by atoms with van der Waals surface area (Å²) >= 11 is 0. The van der Waals surface area contributed by atoms with Gasteiger partial charge in [-0.2, -0.15) is 0 Å². The van der Waals surface area contributed by atoms with Gasteiger partial charge in [0.25, 0.3) is 5.91 Å². The third-order valence-electron chi connectivity index (χ3n) is 3.63. The van der Waals surface area contributed by atoms with Gasteiger partial charge >= 0.3 is 0 Å². The summed E-state index contributed by atoms with van der Waals surface area (Å²) in [5.74, 6) is -0.349. The van der Waals surface area contributed by atoms with Crippen LogP contribution in [0.2, 0.25) is 0 Å². The van der Waals surface area contributed by atoms with Gasteiger partial charge in [-0.15, -0.1) is 0 Å². The predicted molar refractivity (Wildman–Crippen MR) is 86.1 cm³/mol. The molecule has 0 atom stereocenters. The number of benzene rings is 1. The number of likely N-dealkylation sites (N-methyl/N-ethyl adjacent to an activating group) is 1. The Balaban J connectivity index is 3.33. The molecular formula is C15H24N2O4S. The maximum Gasteiger partial charge on any atom is 0.252 e. The van der Waals surface area contributed by atoms with Crippen LogP contribution >= 0.6 is 0 Å². The minimum atomic E-state index is -3.43. The van der Waals surface area contributed by atoms with Crippen molar-refractivity contribution in [2.45, 2.75) is 25.2 Å². The number of nitrogens with two attached hydrogens (primary N) is 1. The highest BCUT2D eigenvalue weighted by Gasteiger charge is 2.20. The molecule has 0 heterocycles. The number of nitrogens with zero attached hydrogens (tertiary/aromatic N) is 1. The summed E-state index contributed by atoms with van der Waals surface area (Å²) in [5, 5.41) is 0. The molecule has 0 radical (unpaired) electrons. The fourth-order valence-electron chi connectivity index (χ4n) is 2.30. The van der Waals surface area contributed by atoms with Crippen molar-refractivity contribution < 1.29 is 17.9 Å². The van der Waals surface area contributed by atoms with E-state index in [1.807, 2.05) is 0 Å². The van der Waals surface area contributed by atoms with E-state index in [9.17, 15) is 13.2 Å². The number of carbonyl (C=O) groups is 1. The fourth-order valence-corrected chi connectivity index (χ4v) is 2.99. The van der Waals surface area contributed by atoms with E-state index < -0.39 is 15.7 Å². The molecule has 1 amide bonds. The predicted octanol–water partition coefficient (Wildman–Crippen LogP) is 1.08. The van der Waals surface area contributed by atoms with Crippen molar-refractivity contribution in [2.75, 3.05) is 33.0 Å². The Morgan fingerprint density at radius 3 is 2.27 bits per heavy atom. The molecule has 22 heavy (non-hydrogen) atoms. The SMILES string of the molecule is CCN(CC)CCc1cc(S(C)(=O)=O)cc(C(N)=O)c1OC. The zero-order valence-corrected chi connectivity index (χ0v) is 14.4. The van der Waals surface area contributed by atoms with Gasteiger partial charge in [-0.05, 0) is 37.2 Å². The smallest absolute Gasteiger partial charge is 0.252 e. The lowest BCUT2D eigenvalue weighted by Crippen LogP contribution is -2.25. The quantitative estimate of drug-likeness (QED) is 0.771. The highest BCUT2D eigenvalue weighted by Crippen LogP contribution is 2.28. The van der Waals surface area contributed by atoms with Gasteiger partial charge in [-0.3, -0.25) is 4.79 Å². The number of carbonyl (C=O) groups excluding carboxylic acids is 1. The second-order valence-corrected chi connectivity index (χ2v) is 7.09. The molecule has 0 aliphatic heterocycles. The summed E-state index contributed by atoms with van der Waals surface area (Å²) in [6, 6.07) is 2.83. The van der Waals surface area contributed by atoms with Crippen molar-refractivity contribution in [1.29, 1.82) is 0 Å². The largest absolute Gasteiger partial charge is 0.496 e. The number of hydrogen-bond donors (Lipinski definition) is 1. The van der Waals surface area contributed by atoms with E-state index >= 15 is 0 Å². The lowest BCUT2D eigenvalue weighted by Gasteiger charge is -2.20. The number of ether oxygens (including phenoxy) is 1. The topological polar surface area (TPSA) is 89.7 Å². The summed E-state index contributed by atoms with van der Waals surface area (Å²) in [5.41, 5.74) is 6.12. The molecule has 1 aromatic carbocycles. The second kappa shape index (κ2) is 7.60. The van der Waals surface area contributed by atoms with Crippen LogP contribution in [0.25, 0.3) is 0 Å². The zero-order valence-electron chi connectivity index (χ0n) is 13.5. The van der Waals surface area contributed by atoms with Crippen molar-refractivity contribution in [2.24, 2.45) is 5.73 Å². The second-order valence-electron chi connectivity index (χ2n) is 5.08. The van der Waals surface area contributed by atoms with E-state index in [0.29, 0.717) is 17.7 Å². The molecule has 0 aliphatic carbocycles. The van der Waals surface area contributed by atoms with Crippen molar-refractivity contribution in [3.05, 3.63) is 23.3 Å². The number of primary amides is 1. The number of methoxy groups -OCH3 is 1. The average Bonchev–Trinajstić information content (AvgIpc) is 2.46. The van der Waals surface area contributed by atoms with E-state index in [1.165, 1.54) is 13.2 Å². The minimum absolute atomic E-state index is 0.0802. The van der Waals surface area contributed by atoms with Crippen LogP contribution in [0.3, 0.4) is 0 Å². The molecule has 2 N–H and O–H groups in total. The van der Waals surface area contributed by atoms with Crippen LogP contribution in [0.5, 0.6) is 5.75 Å². The van der Waals surface area contributed by atoms with E-state index in [0.717, 1.165) is 25.9 Å². The molecule has 7 heteroatoms. The van der Waals surface area contributed by atoms with Crippen LogP contribution in [0, 0.1) is 0 Å². The summed E-state index contributed by atoms with van der Waals surface area (Å²) in [6.45, 7) is 6.65. The highest BCUT2D eigenvalue weighted by atomic mass is 32.2. The average molecular weight is 328 g/mol. The third-order valence-corrected chi connectivity index (χ3v) is 4.72. The van der Waals surface area contributed by atoms with Gasteiger partial charge in [0.2, 0.25) is 0 Å². The van der Waals surface area contributed by atoms with Crippen molar-refractivity contribution in [1.82, 2.24) is 4.90 Å². The van der Waals surface area contributed by atoms with Crippen LogP contribution in [0.15, 0.2) is 17.0 Å². The third kappa shape index (κ3) is 4.45. The van der Waals surface area contributed by atoms with E-state index in [4.69, 9.17) is 10.5 Å². The minimum Gasteiger partial charge on any atom is -0.496 e. The Kier molecular flexibility index (Phi) is 6.37. The molecule has 0 aromatic heterocycles. The number of amides is 1. The molecule has 124 valence electrons. The van der Waals surface area contributed by atoms with Gasteiger partial charge in [-0.1, -0.05) is 13.8 Å². The van der Waals surface area contributed by atoms with Crippen LogP contribution in [-0.2, 0) is 16.3 Å². The molecule has 0 fully saturated rings. The molecule has 0 saturated heterocycles. The maximum absolute atomic E-state index is 11.8. The van der Waals surface area contributed by atoms with Gasteiger partial charge in [0.15, 0.2) is 9.84 Å². The standard InChI is InChI=1S/C15H24N2O4S/c1-5-17(6-2)8-7-11-9-12(22(4,19)20)10-13(15(16)18)14(11)21-3/h9-10H,5-8H2,1-4H3,(H2,16,18). The summed E-state index contributed by atoms with van der Waals surface area (Å²) in [7, 11) is -1.99. The van der Waals surface area contributed by atoms with Gasteiger partial charge in [-0.25, -0.2) is 8.42 Å². The highest BCUT2D eigenvalue weighted by molar-refractivity contribution is 7.90. The Labute approximate surface area is 132 Å². The van der Waals surface area contributed by atoms with Crippen molar-refractivity contribution >= 4 is 15.7 Å². The van der Waals surface area contributed by atoms with E-state index in [-0.39, 0.29) is 10.5 Å². The van der Waals surface area contributed by atoms with Crippen molar-refractivity contribution in [3.8, 4) is 5.75 Å². The monoisotopic (exact) mass is 328 g/mol. The van der Waals surface area contributed by atoms with E-state index in [2.05, 4.69) is 18.7 Å². The summed E-state index contributed by atoms with van der Waals surface area (Å²) in [6.07, 6.45) is 1.68. The van der Waals surface area contributed by atoms with Crippen LogP contribution in [0.4, 0.5) is 0 Å². The zero-order chi connectivity index (χ0) is 16.9. The first-order valence-corrected chi connectivity index (χ1v) is 9.06. The fraction of sp³-hybridized carbons (Fsp3) is 0.533. The Morgan fingerprint density at radius 1 is 1.27 bits per heavy atom. The van der Waals surface area contributed by atoms with Crippen molar-refractivity contribution in [3.63, 3.8) is 0 Å². The maximum atomic E-state index is 11.8. The lowest BCUT2D eigenvalue weighted by molar-refractivity contribution is 0.0997. The Hall–Kier alpha value is -1.60. The first-order valence-electron chi connectivity index (χ1n) is 7.17. The first kappa shape index (κ1) is 18.4. The summed E-state index contributed by atoms with van der Waals surface area (Å²) < 4.78 is 28.9. The molecule has 0 aliphatic rings. The van der Waals surface area contributed by atoms with Crippen LogP contribution in [-0.4, -0.2) is 52.2 Å². The molecule has 0 unspecified atom stereocenters. The molecular weight excluding hydrogens is 304 g/mol. The summed E-state index contributed by atoms with van der Waals surface area (Å²) in [4.78, 5) is 13.9.